The van der Waals surface area contributed by atoms with E-state index in [2.05, 4.69) is 10.3 Å². The van der Waals surface area contributed by atoms with Crippen LogP contribution in [-0.2, 0) is 9.53 Å². The van der Waals surface area contributed by atoms with Gasteiger partial charge in [-0.25, -0.2) is 4.79 Å². The number of esters is 1. The first kappa shape index (κ1) is 27.6. The molecule has 0 saturated carbocycles. The molecule has 3 aromatic rings. The van der Waals surface area contributed by atoms with Gasteiger partial charge in [0.25, 0.3) is 0 Å². The predicted octanol–water partition coefficient (Wildman–Crippen LogP) is 4.55. The van der Waals surface area contributed by atoms with Gasteiger partial charge in [-0.3, -0.25) is 9.59 Å². The SMILES string of the molecule is CCC(CCCOC(=O)c1cc(OC)c(OC)c(OC)c1)C(=O)NCCC(=O)c1c[nH]c2ccccc12. The lowest BCUT2D eigenvalue weighted by Gasteiger charge is -2.15. The van der Waals surface area contributed by atoms with E-state index < -0.39 is 5.97 Å². The van der Waals surface area contributed by atoms with Crippen LogP contribution in [0.1, 0.15) is 53.3 Å². The van der Waals surface area contributed by atoms with E-state index in [1.165, 1.54) is 33.5 Å². The minimum absolute atomic E-state index is 0.0236. The van der Waals surface area contributed by atoms with Crippen LogP contribution in [0.15, 0.2) is 42.6 Å². The molecule has 2 N–H and O–H groups in total. The van der Waals surface area contributed by atoms with Crippen molar-refractivity contribution in [1.29, 1.82) is 0 Å². The highest BCUT2D eigenvalue weighted by Crippen LogP contribution is 2.38. The van der Waals surface area contributed by atoms with Crippen molar-refractivity contribution >= 4 is 28.6 Å². The largest absolute Gasteiger partial charge is 0.493 e. The van der Waals surface area contributed by atoms with Gasteiger partial charge in [-0.05, 0) is 37.5 Å². The molecule has 3 rings (SSSR count). The summed E-state index contributed by atoms with van der Waals surface area (Å²) < 4.78 is 21.2. The number of ether oxygens (including phenoxy) is 4. The molecular weight excluding hydrogens is 476 g/mol. The molecule has 198 valence electrons. The number of para-hydroxylation sites is 1. The lowest BCUT2D eigenvalue weighted by atomic mass is 9.99. The Morgan fingerprint density at radius 3 is 2.35 bits per heavy atom. The van der Waals surface area contributed by atoms with Crippen molar-refractivity contribution < 1.29 is 33.3 Å². The number of hydrogen-bond acceptors (Lipinski definition) is 7. The van der Waals surface area contributed by atoms with E-state index >= 15 is 0 Å². The Morgan fingerprint density at radius 1 is 1.00 bits per heavy atom. The Kier molecular flexibility index (Phi) is 9.94. The first-order valence-corrected chi connectivity index (χ1v) is 12.3. The van der Waals surface area contributed by atoms with Gasteiger partial charge in [0.05, 0.1) is 33.5 Å². The maximum absolute atomic E-state index is 12.6. The second kappa shape index (κ2) is 13.3. The van der Waals surface area contributed by atoms with Gasteiger partial charge < -0.3 is 29.2 Å². The number of methoxy groups -OCH3 is 3. The van der Waals surface area contributed by atoms with E-state index in [1.54, 1.807) is 6.20 Å². The van der Waals surface area contributed by atoms with Crippen molar-refractivity contribution in [2.24, 2.45) is 5.92 Å². The van der Waals surface area contributed by atoms with Gasteiger partial charge in [-0.1, -0.05) is 25.1 Å². The van der Waals surface area contributed by atoms with Crippen molar-refractivity contribution in [2.45, 2.75) is 32.6 Å². The average Bonchev–Trinajstić information content (AvgIpc) is 3.36. The van der Waals surface area contributed by atoms with Crippen molar-refractivity contribution in [3.8, 4) is 17.2 Å². The number of aromatic nitrogens is 1. The van der Waals surface area contributed by atoms with Gasteiger partial charge in [-0.2, -0.15) is 0 Å². The summed E-state index contributed by atoms with van der Waals surface area (Å²) in [5.41, 5.74) is 1.82. The minimum atomic E-state index is -0.521. The van der Waals surface area contributed by atoms with Crippen molar-refractivity contribution in [3.05, 3.63) is 53.7 Å². The molecule has 1 atom stereocenters. The molecule has 1 amide bonds. The van der Waals surface area contributed by atoms with Crippen LogP contribution < -0.4 is 19.5 Å². The summed E-state index contributed by atoms with van der Waals surface area (Å²) in [5, 5.41) is 3.75. The molecule has 0 fully saturated rings. The number of aromatic amines is 1. The van der Waals surface area contributed by atoms with Crippen LogP contribution >= 0.6 is 0 Å². The number of amides is 1. The number of nitrogens with one attached hydrogen (secondary N) is 2. The fraction of sp³-hybridized carbons (Fsp3) is 0.393. The van der Waals surface area contributed by atoms with E-state index in [1.807, 2.05) is 31.2 Å². The smallest absolute Gasteiger partial charge is 0.338 e. The lowest BCUT2D eigenvalue weighted by Crippen LogP contribution is -2.32. The first-order valence-electron chi connectivity index (χ1n) is 12.3. The van der Waals surface area contributed by atoms with Crippen LogP contribution in [0.4, 0.5) is 0 Å². The Hall–Kier alpha value is -4.01. The van der Waals surface area contributed by atoms with Gasteiger partial charge >= 0.3 is 5.97 Å². The molecule has 2 aromatic carbocycles. The van der Waals surface area contributed by atoms with Crippen molar-refractivity contribution in [1.82, 2.24) is 10.3 Å². The van der Waals surface area contributed by atoms with Crippen LogP contribution in [0.2, 0.25) is 0 Å². The molecule has 0 saturated heterocycles. The fourth-order valence-electron chi connectivity index (χ4n) is 4.18. The maximum Gasteiger partial charge on any atom is 0.338 e. The highest BCUT2D eigenvalue weighted by molar-refractivity contribution is 6.08. The number of H-pyrrole nitrogens is 1. The van der Waals surface area contributed by atoms with Crippen LogP contribution in [0, 0.1) is 5.92 Å². The summed E-state index contributed by atoms with van der Waals surface area (Å²) in [6.07, 6.45) is 3.65. The van der Waals surface area contributed by atoms with Gasteiger partial charge in [-0.15, -0.1) is 0 Å². The topological polar surface area (TPSA) is 116 Å². The summed E-state index contributed by atoms with van der Waals surface area (Å²) in [6, 6.07) is 10.7. The summed E-state index contributed by atoms with van der Waals surface area (Å²) in [7, 11) is 4.43. The number of carbonyl (C=O) groups is 3. The summed E-state index contributed by atoms with van der Waals surface area (Å²) >= 11 is 0. The number of rotatable bonds is 14. The first-order chi connectivity index (χ1) is 17.9. The third-order valence-electron chi connectivity index (χ3n) is 6.24. The molecule has 0 spiro atoms. The molecule has 1 unspecified atom stereocenters. The van der Waals surface area contributed by atoms with Crippen molar-refractivity contribution in [3.63, 3.8) is 0 Å². The number of hydrogen-bond donors (Lipinski definition) is 2. The fourth-order valence-corrected chi connectivity index (χ4v) is 4.18. The monoisotopic (exact) mass is 510 g/mol. The van der Waals surface area contributed by atoms with E-state index in [4.69, 9.17) is 18.9 Å². The number of ketones is 1. The van der Waals surface area contributed by atoms with Crippen LogP contribution in [0.5, 0.6) is 17.2 Å². The second-order valence-electron chi connectivity index (χ2n) is 8.51. The van der Waals surface area contributed by atoms with Crippen LogP contribution in [0.3, 0.4) is 0 Å². The van der Waals surface area contributed by atoms with E-state index in [0.29, 0.717) is 42.1 Å². The molecule has 1 heterocycles. The maximum atomic E-state index is 12.6. The Bertz CT molecular complexity index is 1210. The number of carbonyl (C=O) groups excluding carboxylic acids is 3. The number of fused-ring (bicyclic) bond motifs is 1. The van der Waals surface area contributed by atoms with Crippen LogP contribution in [0.25, 0.3) is 10.9 Å². The summed E-state index contributed by atoms with van der Waals surface area (Å²) in [5.74, 6) is 0.228. The molecule has 0 aliphatic rings. The predicted molar refractivity (Wildman–Crippen MR) is 140 cm³/mol. The molecule has 0 bridgehead atoms. The molecule has 9 nitrogen and oxygen atoms in total. The van der Waals surface area contributed by atoms with E-state index in [0.717, 1.165) is 10.9 Å². The molecule has 37 heavy (non-hydrogen) atoms. The Balaban J connectivity index is 1.44. The van der Waals surface area contributed by atoms with Crippen LogP contribution in [-0.4, -0.2) is 57.1 Å². The van der Waals surface area contributed by atoms with Gasteiger partial charge in [0.15, 0.2) is 17.3 Å². The van der Waals surface area contributed by atoms with E-state index in [9.17, 15) is 14.4 Å². The van der Waals surface area contributed by atoms with Gasteiger partial charge in [0.1, 0.15) is 0 Å². The third kappa shape index (κ3) is 6.81. The van der Waals surface area contributed by atoms with E-state index in [-0.39, 0.29) is 42.7 Å². The molecular formula is C28H34N2O7. The Morgan fingerprint density at radius 2 is 1.70 bits per heavy atom. The third-order valence-corrected chi connectivity index (χ3v) is 6.24. The van der Waals surface area contributed by atoms with Crippen molar-refractivity contribution in [2.75, 3.05) is 34.5 Å². The normalized spacial score (nSPS) is 11.6. The molecule has 9 heteroatoms. The highest BCUT2D eigenvalue weighted by atomic mass is 16.5. The number of Topliss-reactive ketones (excluding diaryl/α,β-unsaturated/α-hetero) is 1. The highest BCUT2D eigenvalue weighted by Gasteiger charge is 2.20. The zero-order chi connectivity index (χ0) is 26.8. The zero-order valence-corrected chi connectivity index (χ0v) is 21.7. The van der Waals surface area contributed by atoms with Gasteiger partial charge in [0.2, 0.25) is 11.7 Å². The molecule has 0 aliphatic heterocycles. The standard InChI is InChI=1S/C28H34N2O7/c1-5-18(27(32)29-13-12-23(31)21-17-30-22-11-7-6-10-20(21)22)9-8-14-37-28(33)19-15-24(34-2)26(36-4)25(16-19)35-3/h6-7,10-11,15-18,30H,5,8-9,12-14H2,1-4H3,(H,29,32). The van der Waals surface area contributed by atoms with Gasteiger partial charge in [0, 0.05) is 41.5 Å². The Labute approximate surface area is 216 Å². The quantitative estimate of drug-likeness (QED) is 0.186. The molecule has 0 aliphatic carbocycles. The zero-order valence-electron chi connectivity index (χ0n) is 21.7. The number of benzene rings is 2. The summed E-state index contributed by atoms with van der Waals surface area (Å²) in [6.45, 7) is 2.37. The second-order valence-corrected chi connectivity index (χ2v) is 8.51. The molecule has 1 aromatic heterocycles. The summed E-state index contributed by atoms with van der Waals surface area (Å²) in [4.78, 5) is 40.9. The minimum Gasteiger partial charge on any atom is -0.493 e. The molecule has 0 radical (unpaired) electrons. The lowest BCUT2D eigenvalue weighted by molar-refractivity contribution is -0.125. The average molecular weight is 511 g/mol.